The molecule has 2 aromatic carbocycles. The number of ketones is 1. The summed E-state index contributed by atoms with van der Waals surface area (Å²) < 4.78 is 10.9. The first-order valence-electron chi connectivity index (χ1n) is 10.2. The number of benzene rings is 2. The summed E-state index contributed by atoms with van der Waals surface area (Å²) in [5.74, 6) is -0.762. The SMILES string of the molecule is COc1ccc(OC)c(C2CC(=O)N(c3cc(C(=O)O)ccc3Cl)C3=C2C(=O)CCC3)c1. The Kier molecular flexibility index (Phi) is 5.93. The van der Waals surface area contributed by atoms with Crippen molar-refractivity contribution in [1.82, 2.24) is 0 Å². The molecule has 7 nitrogen and oxygen atoms in total. The summed E-state index contributed by atoms with van der Waals surface area (Å²) in [5, 5.41) is 9.64. The number of amides is 1. The van der Waals surface area contributed by atoms with Gasteiger partial charge in [0.15, 0.2) is 5.78 Å². The summed E-state index contributed by atoms with van der Waals surface area (Å²) >= 11 is 6.38. The zero-order valence-corrected chi connectivity index (χ0v) is 18.4. The fourth-order valence-electron chi connectivity index (χ4n) is 4.47. The molecule has 1 amide bonds. The zero-order valence-electron chi connectivity index (χ0n) is 17.7. The number of carbonyl (C=O) groups excluding carboxylic acids is 2. The van der Waals surface area contributed by atoms with E-state index in [1.54, 1.807) is 25.3 Å². The molecule has 1 unspecified atom stereocenters. The van der Waals surface area contributed by atoms with Crippen LogP contribution in [0.4, 0.5) is 5.69 Å². The Hall–Kier alpha value is -3.32. The number of carbonyl (C=O) groups is 3. The van der Waals surface area contributed by atoms with Gasteiger partial charge in [-0.05, 0) is 49.2 Å². The second-order valence-corrected chi connectivity index (χ2v) is 8.11. The summed E-state index contributed by atoms with van der Waals surface area (Å²) in [5.41, 5.74) is 2.09. The second-order valence-electron chi connectivity index (χ2n) is 7.70. The molecule has 1 aliphatic carbocycles. The van der Waals surface area contributed by atoms with E-state index in [0.717, 1.165) is 0 Å². The van der Waals surface area contributed by atoms with Gasteiger partial charge in [-0.15, -0.1) is 0 Å². The molecule has 2 aliphatic rings. The summed E-state index contributed by atoms with van der Waals surface area (Å²) in [6.45, 7) is 0. The van der Waals surface area contributed by atoms with Gasteiger partial charge >= 0.3 is 5.97 Å². The van der Waals surface area contributed by atoms with Crippen molar-refractivity contribution >= 4 is 34.9 Å². The molecule has 1 N–H and O–H groups in total. The number of ether oxygens (including phenoxy) is 2. The van der Waals surface area contributed by atoms with Gasteiger partial charge in [0.05, 0.1) is 30.5 Å². The first-order valence-corrected chi connectivity index (χ1v) is 10.6. The minimum Gasteiger partial charge on any atom is -0.497 e. The lowest BCUT2D eigenvalue weighted by Gasteiger charge is -2.39. The van der Waals surface area contributed by atoms with E-state index in [-0.39, 0.29) is 34.4 Å². The van der Waals surface area contributed by atoms with Crippen molar-refractivity contribution in [1.29, 1.82) is 0 Å². The maximum absolute atomic E-state index is 13.4. The van der Waals surface area contributed by atoms with Crippen LogP contribution in [0.5, 0.6) is 11.5 Å². The minimum absolute atomic E-state index is 0.0121. The van der Waals surface area contributed by atoms with Gasteiger partial charge in [-0.25, -0.2) is 4.79 Å². The summed E-state index contributed by atoms with van der Waals surface area (Å²) in [6, 6.07) is 9.51. The van der Waals surface area contributed by atoms with Crippen LogP contribution < -0.4 is 14.4 Å². The predicted molar refractivity (Wildman–Crippen MR) is 119 cm³/mol. The Labute approximate surface area is 190 Å². The number of hydrogen-bond donors (Lipinski definition) is 1. The highest BCUT2D eigenvalue weighted by Crippen LogP contribution is 2.47. The highest BCUT2D eigenvalue weighted by Gasteiger charge is 2.41. The second kappa shape index (κ2) is 8.67. The van der Waals surface area contributed by atoms with Crippen LogP contribution in [0.15, 0.2) is 47.7 Å². The highest BCUT2D eigenvalue weighted by atomic mass is 35.5. The van der Waals surface area contributed by atoms with Crippen LogP contribution in [0.1, 0.15) is 47.5 Å². The molecule has 2 aromatic rings. The van der Waals surface area contributed by atoms with Crippen LogP contribution in [0.25, 0.3) is 0 Å². The van der Waals surface area contributed by atoms with E-state index in [0.29, 0.717) is 47.6 Å². The largest absolute Gasteiger partial charge is 0.497 e. The van der Waals surface area contributed by atoms with Crippen LogP contribution in [-0.2, 0) is 9.59 Å². The molecule has 32 heavy (non-hydrogen) atoms. The average Bonchev–Trinajstić information content (AvgIpc) is 2.78. The maximum Gasteiger partial charge on any atom is 0.335 e. The van der Waals surface area contributed by atoms with Crippen LogP contribution in [0, 0.1) is 0 Å². The lowest BCUT2D eigenvalue weighted by atomic mass is 9.76. The molecule has 0 fully saturated rings. The molecular weight excluding hydrogens is 434 g/mol. The van der Waals surface area contributed by atoms with Gasteiger partial charge in [0.2, 0.25) is 5.91 Å². The summed E-state index contributed by atoms with van der Waals surface area (Å²) in [4.78, 5) is 39.5. The van der Waals surface area contributed by atoms with Gasteiger partial charge in [0.25, 0.3) is 0 Å². The quantitative estimate of drug-likeness (QED) is 0.709. The third-order valence-electron chi connectivity index (χ3n) is 5.92. The number of hydrogen-bond acceptors (Lipinski definition) is 5. The van der Waals surface area contributed by atoms with E-state index in [9.17, 15) is 19.5 Å². The summed E-state index contributed by atoms with van der Waals surface area (Å²) in [6.07, 6.45) is 1.50. The fourth-order valence-corrected chi connectivity index (χ4v) is 4.67. The molecule has 4 rings (SSSR count). The number of aromatic carboxylic acids is 1. The van der Waals surface area contributed by atoms with Gasteiger partial charge in [-0.2, -0.15) is 0 Å². The predicted octanol–water partition coefficient (Wildman–Crippen LogP) is 4.58. The lowest BCUT2D eigenvalue weighted by molar-refractivity contribution is -0.119. The molecule has 0 aromatic heterocycles. The molecule has 166 valence electrons. The van der Waals surface area contributed by atoms with E-state index >= 15 is 0 Å². The Bertz CT molecular complexity index is 1160. The van der Waals surface area contributed by atoms with Crippen molar-refractivity contribution in [3.8, 4) is 11.5 Å². The van der Waals surface area contributed by atoms with Crippen molar-refractivity contribution in [2.45, 2.75) is 31.6 Å². The fraction of sp³-hybridized carbons (Fsp3) is 0.292. The topological polar surface area (TPSA) is 93.1 Å². The minimum atomic E-state index is -1.12. The monoisotopic (exact) mass is 455 g/mol. The normalized spacial score (nSPS) is 18.5. The van der Waals surface area contributed by atoms with Gasteiger partial charge < -0.3 is 14.6 Å². The number of methoxy groups -OCH3 is 2. The third-order valence-corrected chi connectivity index (χ3v) is 6.24. The third kappa shape index (κ3) is 3.73. The Morgan fingerprint density at radius 1 is 1.09 bits per heavy atom. The van der Waals surface area contributed by atoms with Crippen molar-refractivity contribution in [2.75, 3.05) is 19.1 Å². The zero-order chi connectivity index (χ0) is 23.0. The molecule has 0 spiro atoms. The highest BCUT2D eigenvalue weighted by molar-refractivity contribution is 6.34. The first-order chi connectivity index (χ1) is 15.3. The average molecular weight is 456 g/mol. The lowest BCUT2D eigenvalue weighted by Crippen LogP contribution is -2.40. The number of allylic oxidation sites excluding steroid dienone is 2. The first kappa shape index (κ1) is 21.9. The van der Waals surface area contributed by atoms with Gasteiger partial charge in [-0.3, -0.25) is 14.5 Å². The number of rotatable bonds is 5. The Balaban J connectivity index is 1.92. The van der Waals surface area contributed by atoms with Crippen LogP contribution in [-0.4, -0.2) is 37.0 Å². The maximum atomic E-state index is 13.4. The van der Waals surface area contributed by atoms with Crippen molar-refractivity contribution in [2.24, 2.45) is 0 Å². The van der Waals surface area contributed by atoms with E-state index in [4.69, 9.17) is 21.1 Å². The Morgan fingerprint density at radius 2 is 1.88 bits per heavy atom. The Morgan fingerprint density at radius 3 is 2.56 bits per heavy atom. The van der Waals surface area contributed by atoms with E-state index in [1.807, 2.05) is 0 Å². The van der Waals surface area contributed by atoms with Gasteiger partial charge in [-0.1, -0.05) is 11.6 Å². The van der Waals surface area contributed by atoms with Crippen LogP contribution in [0.2, 0.25) is 5.02 Å². The molecule has 1 atom stereocenters. The molecule has 1 heterocycles. The van der Waals surface area contributed by atoms with Crippen molar-refractivity contribution in [3.63, 3.8) is 0 Å². The number of anilines is 1. The molecule has 8 heteroatoms. The molecule has 0 bridgehead atoms. The van der Waals surface area contributed by atoms with Crippen LogP contribution in [0.3, 0.4) is 0 Å². The van der Waals surface area contributed by atoms with E-state index in [2.05, 4.69) is 0 Å². The van der Waals surface area contributed by atoms with Crippen LogP contribution >= 0.6 is 11.6 Å². The summed E-state index contributed by atoms with van der Waals surface area (Å²) in [7, 11) is 3.09. The smallest absolute Gasteiger partial charge is 0.335 e. The molecule has 0 saturated carbocycles. The molecule has 0 saturated heterocycles. The van der Waals surface area contributed by atoms with E-state index < -0.39 is 11.9 Å². The number of nitrogens with zero attached hydrogens (tertiary/aromatic N) is 1. The van der Waals surface area contributed by atoms with E-state index in [1.165, 1.54) is 30.2 Å². The number of carboxylic acid groups (broad SMARTS) is 1. The van der Waals surface area contributed by atoms with Crippen molar-refractivity contribution < 1.29 is 29.0 Å². The van der Waals surface area contributed by atoms with Gasteiger partial charge in [0, 0.05) is 35.6 Å². The van der Waals surface area contributed by atoms with Gasteiger partial charge in [0.1, 0.15) is 11.5 Å². The number of carboxylic acids is 1. The number of Topliss-reactive ketones (excluding diaryl/α,β-unsaturated/α-hetero) is 1. The molecule has 0 radical (unpaired) electrons. The standard InChI is InChI=1S/C24H22ClNO6/c1-31-14-7-9-21(32-2)15(11-14)16-12-22(28)26(18-4-3-5-20(27)23(16)18)19-10-13(24(29)30)6-8-17(19)25/h6-11,16H,3-5,12H2,1-2H3,(H,29,30). The number of halogens is 1. The van der Waals surface area contributed by atoms with Crippen molar-refractivity contribution in [3.05, 3.63) is 63.8 Å². The molecule has 1 aliphatic heterocycles. The molecular formula is C24H22ClNO6.